The first-order chi connectivity index (χ1) is 15.4. The Balaban J connectivity index is 1.44. The number of anilines is 2. The summed E-state index contributed by atoms with van der Waals surface area (Å²) in [7, 11) is 0. The summed E-state index contributed by atoms with van der Waals surface area (Å²) in [5.74, 6) is 0.475. The van der Waals surface area contributed by atoms with Crippen LogP contribution in [0.25, 0.3) is 0 Å². The van der Waals surface area contributed by atoms with Gasteiger partial charge in [0.1, 0.15) is 12.4 Å². The summed E-state index contributed by atoms with van der Waals surface area (Å²) in [6, 6.07) is 21.4. The van der Waals surface area contributed by atoms with Crippen molar-refractivity contribution in [2.75, 3.05) is 17.2 Å². The molecule has 0 aromatic heterocycles. The first-order valence-electron chi connectivity index (χ1n) is 10.3. The molecule has 3 aromatic rings. The molecule has 0 saturated heterocycles. The van der Waals surface area contributed by atoms with Gasteiger partial charge in [0.25, 0.3) is 0 Å². The first-order valence-corrected chi connectivity index (χ1v) is 10.7. The number of urea groups is 1. The predicted octanol–water partition coefficient (Wildman–Crippen LogP) is 5.42. The quantitative estimate of drug-likeness (QED) is 0.428. The fraction of sp³-hybridized carbons (Fsp3) is 0.200. The number of rotatable bonds is 8. The number of carbonyl (C=O) groups is 2. The number of hydrogen-bond donors (Lipinski definition) is 3. The number of nitrogens with one attached hydrogen (secondary N) is 3. The molecule has 0 fully saturated rings. The molecule has 0 radical (unpaired) electrons. The van der Waals surface area contributed by atoms with Crippen molar-refractivity contribution in [1.82, 2.24) is 5.32 Å². The minimum Gasteiger partial charge on any atom is -0.490 e. The Morgan fingerprint density at radius 3 is 2.34 bits per heavy atom. The lowest BCUT2D eigenvalue weighted by molar-refractivity contribution is -0.121. The molecule has 0 saturated carbocycles. The highest BCUT2D eigenvalue weighted by atomic mass is 35.5. The van der Waals surface area contributed by atoms with Crippen LogP contribution in [-0.4, -0.2) is 24.6 Å². The summed E-state index contributed by atoms with van der Waals surface area (Å²) in [5, 5.41) is 9.05. The highest BCUT2D eigenvalue weighted by Crippen LogP contribution is 2.23. The van der Waals surface area contributed by atoms with Crippen molar-refractivity contribution in [2.45, 2.75) is 26.3 Å². The number of hydrogen-bond acceptors (Lipinski definition) is 3. The lowest BCUT2D eigenvalue weighted by Crippen LogP contribution is -2.37. The number of aryl methyl sites for hydroxylation is 1. The number of amides is 3. The van der Waals surface area contributed by atoms with Crippen LogP contribution in [0.2, 0.25) is 5.02 Å². The van der Waals surface area contributed by atoms with Gasteiger partial charge in [-0.05, 0) is 55.3 Å². The molecule has 7 heteroatoms. The van der Waals surface area contributed by atoms with E-state index in [0.29, 0.717) is 23.1 Å². The van der Waals surface area contributed by atoms with Gasteiger partial charge in [-0.2, -0.15) is 0 Å². The average molecular weight is 452 g/mol. The van der Waals surface area contributed by atoms with Gasteiger partial charge in [0.2, 0.25) is 5.91 Å². The molecule has 166 valence electrons. The number of carbonyl (C=O) groups excluding carboxylic acids is 2. The third kappa shape index (κ3) is 7.03. The van der Waals surface area contributed by atoms with Crippen molar-refractivity contribution in [3.05, 3.63) is 88.9 Å². The van der Waals surface area contributed by atoms with Crippen LogP contribution in [0, 0.1) is 6.92 Å². The van der Waals surface area contributed by atoms with Gasteiger partial charge >= 0.3 is 6.03 Å². The molecule has 3 aromatic carbocycles. The Morgan fingerprint density at radius 1 is 0.938 bits per heavy atom. The normalized spacial score (nSPS) is 11.3. The number of halogens is 1. The average Bonchev–Trinajstić information content (AvgIpc) is 2.76. The molecule has 0 aliphatic heterocycles. The van der Waals surface area contributed by atoms with E-state index in [-0.39, 0.29) is 24.4 Å². The molecular weight excluding hydrogens is 426 g/mol. The van der Waals surface area contributed by atoms with Crippen LogP contribution >= 0.6 is 11.6 Å². The van der Waals surface area contributed by atoms with E-state index in [0.717, 1.165) is 16.8 Å². The zero-order valence-corrected chi connectivity index (χ0v) is 18.8. The van der Waals surface area contributed by atoms with Crippen molar-refractivity contribution >= 4 is 34.9 Å². The molecule has 0 heterocycles. The van der Waals surface area contributed by atoms with Crippen molar-refractivity contribution in [3.8, 4) is 5.75 Å². The maximum Gasteiger partial charge on any atom is 0.323 e. The summed E-state index contributed by atoms with van der Waals surface area (Å²) in [6.45, 7) is 4.11. The van der Waals surface area contributed by atoms with Crippen molar-refractivity contribution in [1.29, 1.82) is 0 Å². The molecule has 0 aliphatic carbocycles. The van der Waals surface area contributed by atoms with Crippen LogP contribution in [0.3, 0.4) is 0 Å². The van der Waals surface area contributed by atoms with Gasteiger partial charge in [0, 0.05) is 11.4 Å². The summed E-state index contributed by atoms with van der Waals surface area (Å²) in [6.07, 6.45) is 0.228. The Morgan fingerprint density at radius 2 is 1.62 bits per heavy atom. The zero-order valence-electron chi connectivity index (χ0n) is 18.0. The Hall–Kier alpha value is -3.51. The largest absolute Gasteiger partial charge is 0.490 e. The topological polar surface area (TPSA) is 79.5 Å². The van der Waals surface area contributed by atoms with E-state index < -0.39 is 0 Å². The first kappa shape index (κ1) is 23.2. The van der Waals surface area contributed by atoms with Crippen LogP contribution in [0.1, 0.15) is 18.1 Å². The summed E-state index contributed by atoms with van der Waals surface area (Å²) in [4.78, 5) is 24.5. The van der Waals surface area contributed by atoms with Crippen LogP contribution in [0.5, 0.6) is 5.75 Å². The SMILES string of the molecule is Cc1ccccc1NC(=O)Nc1ccc(CC(=O)N[C@@H](C)COc2ccccc2Cl)cc1. The van der Waals surface area contributed by atoms with Gasteiger partial charge in [-0.1, -0.05) is 54.1 Å². The zero-order chi connectivity index (χ0) is 22.9. The number of ether oxygens (including phenoxy) is 1. The molecule has 0 spiro atoms. The molecule has 3 amide bonds. The summed E-state index contributed by atoms with van der Waals surface area (Å²) in [5.41, 5.74) is 3.22. The fourth-order valence-electron chi connectivity index (χ4n) is 3.03. The second-order valence-electron chi connectivity index (χ2n) is 7.48. The smallest absolute Gasteiger partial charge is 0.323 e. The highest BCUT2D eigenvalue weighted by Gasteiger charge is 2.11. The molecule has 32 heavy (non-hydrogen) atoms. The van der Waals surface area contributed by atoms with Crippen LogP contribution in [0.4, 0.5) is 16.2 Å². The molecule has 1 atom stereocenters. The lowest BCUT2D eigenvalue weighted by atomic mass is 10.1. The van der Waals surface area contributed by atoms with E-state index in [4.69, 9.17) is 16.3 Å². The van der Waals surface area contributed by atoms with Crippen LogP contribution in [-0.2, 0) is 11.2 Å². The minimum absolute atomic E-state index is 0.113. The second-order valence-corrected chi connectivity index (χ2v) is 7.88. The van der Waals surface area contributed by atoms with Gasteiger partial charge in [-0.25, -0.2) is 4.79 Å². The molecule has 3 N–H and O–H groups in total. The molecule has 0 unspecified atom stereocenters. The third-order valence-electron chi connectivity index (χ3n) is 4.70. The molecule has 3 rings (SSSR count). The van der Waals surface area contributed by atoms with Crippen molar-refractivity contribution in [2.24, 2.45) is 0 Å². The summed E-state index contributed by atoms with van der Waals surface area (Å²) >= 11 is 6.07. The van der Waals surface area contributed by atoms with Crippen LogP contribution < -0.4 is 20.7 Å². The van der Waals surface area contributed by atoms with Gasteiger partial charge in [-0.15, -0.1) is 0 Å². The van der Waals surface area contributed by atoms with Crippen molar-refractivity contribution < 1.29 is 14.3 Å². The van der Waals surface area contributed by atoms with E-state index in [1.54, 1.807) is 24.3 Å². The van der Waals surface area contributed by atoms with E-state index in [1.807, 2.05) is 62.4 Å². The monoisotopic (exact) mass is 451 g/mol. The Kier molecular flexibility index (Phi) is 8.11. The van der Waals surface area contributed by atoms with Crippen molar-refractivity contribution in [3.63, 3.8) is 0 Å². The van der Waals surface area contributed by atoms with Gasteiger partial charge in [0.05, 0.1) is 17.5 Å². The van der Waals surface area contributed by atoms with Gasteiger partial charge in [-0.3, -0.25) is 4.79 Å². The second kappa shape index (κ2) is 11.2. The van der Waals surface area contributed by atoms with Crippen LogP contribution in [0.15, 0.2) is 72.8 Å². The molecule has 0 bridgehead atoms. The van der Waals surface area contributed by atoms with Gasteiger partial charge in [0.15, 0.2) is 0 Å². The maximum atomic E-state index is 12.3. The van der Waals surface area contributed by atoms with E-state index in [1.165, 1.54) is 0 Å². The Bertz CT molecular complexity index is 1070. The standard InChI is InChI=1S/C25H26ClN3O3/c1-17-7-3-5-9-22(17)29-25(31)28-20-13-11-19(12-14-20)15-24(30)27-18(2)16-32-23-10-6-4-8-21(23)26/h3-14,18H,15-16H2,1-2H3,(H,27,30)(H2,28,29,31)/t18-/m0/s1. The molecular formula is C25H26ClN3O3. The third-order valence-corrected chi connectivity index (χ3v) is 5.01. The van der Waals surface area contributed by atoms with E-state index in [9.17, 15) is 9.59 Å². The van der Waals surface area contributed by atoms with Gasteiger partial charge < -0.3 is 20.7 Å². The molecule has 6 nitrogen and oxygen atoms in total. The Labute approximate surface area is 192 Å². The van der Waals surface area contributed by atoms with E-state index in [2.05, 4.69) is 16.0 Å². The maximum absolute atomic E-state index is 12.3. The predicted molar refractivity (Wildman–Crippen MR) is 129 cm³/mol. The fourth-order valence-corrected chi connectivity index (χ4v) is 3.22. The van der Waals surface area contributed by atoms with E-state index >= 15 is 0 Å². The summed E-state index contributed by atoms with van der Waals surface area (Å²) < 4.78 is 5.66. The minimum atomic E-state index is -0.322. The number of benzene rings is 3. The number of para-hydroxylation sites is 2. The highest BCUT2D eigenvalue weighted by molar-refractivity contribution is 6.32. The molecule has 0 aliphatic rings. The lowest BCUT2D eigenvalue weighted by Gasteiger charge is -2.16.